The van der Waals surface area contributed by atoms with E-state index in [2.05, 4.69) is 41.4 Å². The maximum absolute atomic E-state index is 9.16. The van der Waals surface area contributed by atoms with Crippen molar-refractivity contribution in [1.29, 1.82) is 0 Å². The highest BCUT2D eigenvalue weighted by Crippen LogP contribution is 2.31. The summed E-state index contributed by atoms with van der Waals surface area (Å²) in [4.78, 5) is 8.66. The monoisotopic (exact) mass is 265 g/mol. The van der Waals surface area contributed by atoms with Crippen LogP contribution in [0.1, 0.15) is 32.3 Å². The van der Waals surface area contributed by atoms with Gasteiger partial charge in [0.25, 0.3) is 0 Å². The molecular formula is C13H19N3OS. The van der Waals surface area contributed by atoms with Crippen molar-refractivity contribution in [1.82, 2.24) is 9.97 Å². The van der Waals surface area contributed by atoms with Gasteiger partial charge in [-0.25, -0.2) is 9.97 Å². The van der Waals surface area contributed by atoms with Crippen molar-refractivity contribution >= 4 is 27.4 Å². The minimum Gasteiger partial charge on any atom is -0.396 e. The Morgan fingerprint density at radius 1 is 1.44 bits per heavy atom. The van der Waals surface area contributed by atoms with E-state index in [1.165, 1.54) is 5.56 Å². The van der Waals surface area contributed by atoms with Gasteiger partial charge >= 0.3 is 0 Å². The first-order valence-electron chi connectivity index (χ1n) is 6.17. The summed E-state index contributed by atoms with van der Waals surface area (Å²) in [6, 6.07) is 0. The molecule has 1 atom stereocenters. The molecular weight excluding hydrogens is 246 g/mol. The average Bonchev–Trinajstić information content (AvgIpc) is 2.73. The molecule has 2 aromatic heterocycles. The molecule has 0 aliphatic heterocycles. The zero-order valence-corrected chi connectivity index (χ0v) is 11.8. The minimum absolute atomic E-state index is 0.131. The molecule has 0 aliphatic carbocycles. The second kappa shape index (κ2) is 5.20. The highest BCUT2D eigenvalue weighted by Gasteiger charge is 2.23. The zero-order valence-electron chi connectivity index (χ0n) is 11.0. The number of rotatable bonds is 5. The van der Waals surface area contributed by atoms with Crippen LogP contribution in [0.5, 0.6) is 0 Å². The molecule has 0 radical (unpaired) electrons. The van der Waals surface area contributed by atoms with Crippen LogP contribution in [0.15, 0.2) is 11.7 Å². The SMILES string of the molecule is CCC(C)(CCO)Nc1ncnc2c(C)csc12. The van der Waals surface area contributed by atoms with Gasteiger partial charge in [0.2, 0.25) is 0 Å². The van der Waals surface area contributed by atoms with Crippen LogP contribution in [0.25, 0.3) is 10.2 Å². The number of fused-ring (bicyclic) bond motifs is 1. The van der Waals surface area contributed by atoms with Crippen molar-refractivity contribution < 1.29 is 5.11 Å². The molecule has 2 N–H and O–H groups in total. The van der Waals surface area contributed by atoms with E-state index in [9.17, 15) is 0 Å². The summed E-state index contributed by atoms with van der Waals surface area (Å²) < 4.78 is 1.09. The highest BCUT2D eigenvalue weighted by atomic mass is 32.1. The summed E-state index contributed by atoms with van der Waals surface area (Å²) in [6.07, 6.45) is 3.24. The lowest BCUT2D eigenvalue weighted by Crippen LogP contribution is -2.35. The fourth-order valence-corrected chi connectivity index (χ4v) is 2.87. The van der Waals surface area contributed by atoms with Gasteiger partial charge in [-0.05, 0) is 37.6 Å². The molecule has 0 saturated heterocycles. The topological polar surface area (TPSA) is 58.0 Å². The molecule has 0 fully saturated rings. The summed E-state index contributed by atoms with van der Waals surface area (Å²) in [5.41, 5.74) is 2.06. The number of thiophene rings is 1. The third kappa shape index (κ3) is 2.47. The van der Waals surface area contributed by atoms with Gasteiger partial charge in [0, 0.05) is 12.1 Å². The van der Waals surface area contributed by atoms with Gasteiger partial charge in [-0.15, -0.1) is 11.3 Å². The molecule has 0 spiro atoms. The second-order valence-corrected chi connectivity index (χ2v) is 5.71. The van der Waals surface area contributed by atoms with Crippen LogP contribution in [-0.4, -0.2) is 27.2 Å². The summed E-state index contributed by atoms with van der Waals surface area (Å²) in [7, 11) is 0. The lowest BCUT2D eigenvalue weighted by molar-refractivity contribution is 0.252. The Kier molecular flexibility index (Phi) is 3.82. The van der Waals surface area contributed by atoms with E-state index in [4.69, 9.17) is 5.11 Å². The van der Waals surface area contributed by atoms with E-state index in [-0.39, 0.29) is 12.1 Å². The molecule has 4 nitrogen and oxygen atoms in total. The predicted octanol–water partition coefficient (Wildman–Crippen LogP) is 2.96. The number of aromatic nitrogens is 2. The van der Waals surface area contributed by atoms with Crippen molar-refractivity contribution in [3.63, 3.8) is 0 Å². The lowest BCUT2D eigenvalue weighted by atomic mass is 9.95. The van der Waals surface area contributed by atoms with Gasteiger partial charge in [0.05, 0.1) is 10.2 Å². The molecule has 1 unspecified atom stereocenters. The molecule has 0 amide bonds. The van der Waals surface area contributed by atoms with Crippen molar-refractivity contribution in [2.45, 2.75) is 39.2 Å². The van der Waals surface area contributed by atoms with Crippen molar-refractivity contribution in [2.24, 2.45) is 0 Å². The summed E-state index contributed by atoms with van der Waals surface area (Å²) in [5.74, 6) is 0.871. The first-order chi connectivity index (χ1) is 8.59. The molecule has 98 valence electrons. The Bertz CT molecular complexity index is 540. The number of nitrogens with zero attached hydrogens (tertiary/aromatic N) is 2. The molecule has 5 heteroatoms. The van der Waals surface area contributed by atoms with Crippen molar-refractivity contribution in [3.8, 4) is 0 Å². The molecule has 0 aromatic carbocycles. The zero-order chi connectivity index (χ0) is 13.2. The molecule has 0 aliphatic rings. The third-order valence-electron chi connectivity index (χ3n) is 3.39. The number of nitrogens with one attached hydrogen (secondary N) is 1. The van der Waals surface area contributed by atoms with Gasteiger partial charge in [-0.2, -0.15) is 0 Å². The van der Waals surface area contributed by atoms with Gasteiger partial charge in [-0.1, -0.05) is 6.92 Å². The Balaban J connectivity index is 2.36. The molecule has 0 bridgehead atoms. The highest BCUT2D eigenvalue weighted by molar-refractivity contribution is 7.18. The Morgan fingerprint density at radius 3 is 2.89 bits per heavy atom. The molecule has 0 saturated carbocycles. The van der Waals surface area contributed by atoms with Crippen LogP contribution in [0, 0.1) is 6.92 Å². The maximum atomic E-state index is 9.16. The second-order valence-electron chi connectivity index (χ2n) is 4.83. The first-order valence-corrected chi connectivity index (χ1v) is 7.05. The van der Waals surface area contributed by atoms with Gasteiger partial charge in [-0.3, -0.25) is 0 Å². The van der Waals surface area contributed by atoms with Gasteiger partial charge < -0.3 is 10.4 Å². The van der Waals surface area contributed by atoms with Crippen molar-refractivity contribution in [2.75, 3.05) is 11.9 Å². The predicted molar refractivity (Wildman–Crippen MR) is 76.2 cm³/mol. The van der Waals surface area contributed by atoms with Gasteiger partial charge in [0.15, 0.2) is 0 Å². The van der Waals surface area contributed by atoms with E-state index >= 15 is 0 Å². The Hall–Kier alpha value is -1.20. The molecule has 2 rings (SSSR count). The summed E-state index contributed by atoms with van der Waals surface area (Å²) in [5, 5.41) is 14.7. The van der Waals surface area contributed by atoms with Crippen LogP contribution < -0.4 is 5.32 Å². The van der Waals surface area contributed by atoms with E-state index in [1.54, 1.807) is 17.7 Å². The van der Waals surface area contributed by atoms with E-state index < -0.39 is 0 Å². The van der Waals surface area contributed by atoms with Crippen LogP contribution in [0.4, 0.5) is 5.82 Å². The van der Waals surface area contributed by atoms with Crippen LogP contribution >= 0.6 is 11.3 Å². The number of anilines is 1. The quantitative estimate of drug-likeness (QED) is 0.872. The normalized spacial score (nSPS) is 14.7. The van der Waals surface area contributed by atoms with Gasteiger partial charge in [0.1, 0.15) is 12.1 Å². The van der Waals surface area contributed by atoms with E-state index in [0.717, 1.165) is 22.5 Å². The largest absolute Gasteiger partial charge is 0.396 e. The van der Waals surface area contributed by atoms with E-state index in [1.807, 2.05) is 0 Å². The third-order valence-corrected chi connectivity index (χ3v) is 4.49. The standard InChI is InChI=1S/C13H19N3OS/c1-4-13(3,5-6-17)16-12-11-10(14-8-15-12)9(2)7-18-11/h7-8,17H,4-6H2,1-3H3,(H,14,15,16). The average molecular weight is 265 g/mol. The number of aryl methyl sites for hydroxylation is 1. The van der Waals surface area contributed by atoms with Crippen LogP contribution in [0.3, 0.4) is 0 Å². The number of hydrogen-bond donors (Lipinski definition) is 2. The first kappa shape index (κ1) is 13.2. The lowest BCUT2D eigenvalue weighted by Gasteiger charge is -2.29. The fourth-order valence-electron chi connectivity index (χ4n) is 1.92. The summed E-state index contributed by atoms with van der Waals surface area (Å²) >= 11 is 1.66. The number of aliphatic hydroxyl groups is 1. The smallest absolute Gasteiger partial charge is 0.147 e. The number of hydrogen-bond acceptors (Lipinski definition) is 5. The van der Waals surface area contributed by atoms with E-state index in [0.29, 0.717) is 6.42 Å². The molecule has 18 heavy (non-hydrogen) atoms. The Morgan fingerprint density at radius 2 is 2.22 bits per heavy atom. The van der Waals surface area contributed by atoms with Crippen LogP contribution in [-0.2, 0) is 0 Å². The number of aliphatic hydroxyl groups excluding tert-OH is 1. The minimum atomic E-state index is -0.131. The van der Waals surface area contributed by atoms with Crippen molar-refractivity contribution in [3.05, 3.63) is 17.3 Å². The fraction of sp³-hybridized carbons (Fsp3) is 0.538. The maximum Gasteiger partial charge on any atom is 0.147 e. The van der Waals surface area contributed by atoms with Crippen LogP contribution in [0.2, 0.25) is 0 Å². The Labute approximate surface area is 111 Å². The molecule has 2 aromatic rings. The molecule has 2 heterocycles. The summed E-state index contributed by atoms with van der Waals surface area (Å²) in [6.45, 7) is 6.45.